The summed E-state index contributed by atoms with van der Waals surface area (Å²) in [6, 6.07) is 11.2. The van der Waals surface area contributed by atoms with Crippen LogP contribution in [0.5, 0.6) is 0 Å². The molecule has 0 aromatic heterocycles. The van der Waals surface area contributed by atoms with Crippen molar-refractivity contribution in [2.75, 3.05) is 12.3 Å². The summed E-state index contributed by atoms with van der Waals surface area (Å²) >= 11 is 0. The molecule has 20 heavy (non-hydrogen) atoms. The molecular weight excluding hydrogens is 262 g/mol. The number of carbonyl (C=O) groups excluding carboxylic acids is 1. The zero-order valence-corrected chi connectivity index (χ0v) is 10.7. The van der Waals surface area contributed by atoms with E-state index >= 15 is 0 Å². The number of halogens is 2. The minimum atomic E-state index is -1.09. The number of nitrogens with one attached hydrogen (secondary N) is 1. The number of benzene rings is 2. The van der Waals surface area contributed by atoms with Gasteiger partial charge in [-0.2, -0.15) is 0 Å². The predicted molar refractivity (Wildman–Crippen MR) is 73.2 cm³/mol. The quantitative estimate of drug-likeness (QED) is 0.843. The lowest BCUT2D eigenvalue weighted by molar-refractivity contribution is 0.0954. The Balaban J connectivity index is 1.97. The largest absolute Gasteiger partial charge is 0.398 e. The van der Waals surface area contributed by atoms with Gasteiger partial charge in [0.25, 0.3) is 5.91 Å². The van der Waals surface area contributed by atoms with E-state index in [0.29, 0.717) is 13.0 Å². The predicted octanol–water partition coefficient (Wildman–Crippen LogP) is 2.52. The molecule has 0 atom stereocenters. The first-order valence-electron chi connectivity index (χ1n) is 6.14. The maximum absolute atomic E-state index is 13.1. The summed E-state index contributed by atoms with van der Waals surface area (Å²) in [6.45, 7) is 0.390. The second kappa shape index (κ2) is 6.14. The summed E-state index contributed by atoms with van der Waals surface area (Å²) < 4.78 is 26.0. The zero-order valence-electron chi connectivity index (χ0n) is 10.7. The van der Waals surface area contributed by atoms with E-state index < -0.39 is 17.5 Å². The number of carbonyl (C=O) groups is 1. The van der Waals surface area contributed by atoms with E-state index in [1.807, 2.05) is 30.3 Å². The van der Waals surface area contributed by atoms with E-state index in [2.05, 4.69) is 5.32 Å². The molecule has 0 spiro atoms. The minimum absolute atomic E-state index is 0.0584. The zero-order chi connectivity index (χ0) is 14.5. The lowest BCUT2D eigenvalue weighted by atomic mass is 10.1. The summed E-state index contributed by atoms with van der Waals surface area (Å²) in [5.74, 6) is -2.67. The van der Waals surface area contributed by atoms with Gasteiger partial charge in [0.15, 0.2) is 11.6 Å². The molecule has 0 heterocycles. The van der Waals surface area contributed by atoms with Gasteiger partial charge >= 0.3 is 0 Å². The third-order valence-electron chi connectivity index (χ3n) is 2.88. The van der Waals surface area contributed by atoms with Crippen molar-refractivity contribution in [3.8, 4) is 0 Å². The third-order valence-corrected chi connectivity index (χ3v) is 2.88. The molecule has 0 bridgehead atoms. The van der Waals surface area contributed by atoms with Gasteiger partial charge in [-0.25, -0.2) is 8.78 Å². The minimum Gasteiger partial charge on any atom is -0.398 e. The van der Waals surface area contributed by atoms with Crippen molar-refractivity contribution in [3.05, 3.63) is 65.2 Å². The molecule has 1 amide bonds. The van der Waals surface area contributed by atoms with Gasteiger partial charge in [-0.05, 0) is 18.1 Å². The van der Waals surface area contributed by atoms with Crippen molar-refractivity contribution in [3.63, 3.8) is 0 Å². The first-order valence-corrected chi connectivity index (χ1v) is 6.14. The lowest BCUT2D eigenvalue weighted by Gasteiger charge is -2.08. The average molecular weight is 276 g/mol. The summed E-state index contributed by atoms with van der Waals surface area (Å²) in [7, 11) is 0. The van der Waals surface area contributed by atoms with E-state index in [9.17, 15) is 13.6 Å². The summed E-state index contributed by atoms with van der Waals surface area (Å²) in [5, 5.41) is 2.63. The fraction of sp³-hybridized carbons (Fsp3) is 0.133. The Hall–Kier alpha value is -2.43. The SMILES string of the molecule is Nc1cc(F)c(F)cc1C(=O)NCCc1ccccc1. The highest BCUT2D eigenvalue weighted by Crippen LogP contribution is 2.16. The molecular formula is C15H14F2N2O. The van der Waals surface area contributed by atoms with Crippen molar-refractivity contribution >= 4 is 11.6 Å². The molecule has 104 valence electrons. The fourth-order valence-corrected chi connectivity index (χ4v) is 1.82. The van der Waals surface area contributed by atoms with Crippen LogP contribution in [0, 0.1) is 11.6 Å². The molecule has 2 rings (SSSR count). The number of rotatable bonds is 4. The van der Waals surface area contributed by atoms with E-state index in [-0.39, 0.29) is 11.3 Å². The second-order valence-corrected chi connectivity index (χ2v) is 4.35. The highest BCUT2D eigenvalue weighted by Gasteiger charge is 2.13. The number of nitrogens with two attached hydrogens (primary N) is 1. The van der Waals surface area contributed by atoms with Gasteiger partial charge in [-0.15, -0.1) is 0 Å². The van der Waals surface area contributed by atoms with Crippen molar-refractivity contribution in [2.24, 2.45) is 0 Å². The third kappa shape index (κ3) is 3.32. The van der Waals surface area contributed by atoms with Crippen molar-refractivity contribution in [1.29, 1.82) is 0 Å². The van der Waals surface area contributed by atoms with Gasteiger partial charge in [0.2, 0.25) is 0 Å². The van der Waals surface area contributed by atoms with Crippen LogP contribution in [-0.2, 0) is 6.42 Å². The molecule has 0 unspecified atom stereocenters. The highest BCUT2D eigenvalue weighted by molar-refractivity contribution is 5.99. The normalized spacial score (nSPS) is 10.3. The fourth-order valence-electron chi connectivity index (χ4n) is 1.82. The topological polar surface area (TPSA) is 55.1 Å². The van der Waals surface area contributed by atoms with Crippen LogP contribution in [0.4, 0.5) is 14.5 Å². The van der Waals surface area contributed by atoms with Crippen molar-refractivity contribution < 1.29 is 13.6 Å². The maximum Gasteiger partial charge on any atom is 0.253 e. The van der Waals surface area contributed by atoms with E-state index in [1.165, 1.54) is 0 Å². The Kier molecular flexibility index (Phi) is 4.30. The van der Waals surface area contributed by atoms with E-state index in [0.717, 1.165) is 17.7 Å². The van der Waals surface area contributed by atoms with Gasteiger partial charge in [0, 0.05) is 18.3 Å². The standard InChI is InChI=1S/C15H14F2N2O/c16-12-8-11(14(18)9-13(12)17)15(20)19-7-6-10-4-2-1-3-5-10/h1-5,8-9H,6-7,18H2,(H,19,20). The monoisotopic (exact) mass is 276 g/mol. The van der Waals surface area contributed by atoms with Crippen molar-refractivity contribution in [1.82, 2.24) is 5.32 Å². The van der Waals surface area contributed by atoms with Crippen LogP contribution in [0.3, 0.4) is 0 Å². The Morgan fingerprint density at radius 2 is 1.75 bits per heavy atom. The van der Waals surface area contributed by atoms with Gasteiger partial charge in [-0.1, -0.05) is 30.3 Å². The van der Waals surface area contributed by atoms with Crippen LogP contribution >= 0.6 is 0 Å². The van der Waals surface area contributed by atoms with E-state index in [1.54, 1.807) is 0 Å². The molecule has 0 aliphatic rings. The second-order valence-electron chi connectivity index (χ2n) is 4.35. The van der Waals surface area contributed by atoms with Gasteiger partial charge in [0.1, 0.15) is 0 Å². The average Bonchev–Trinajstić information content (AvgIpc) is 2.44. The van der Waals surface area contributed by atoms with Crippen LogP contribution in [0.15, 0.2) is 42.5 Å². The molecule has 3 nitrogen and oxygen atoms in total. The van der Waals surface area contributed by atoms with Crippen LogP contribution in [-0.4, -0.2) is 12.5 Å². The van der Waals surface area contributed by atoms with Crippen LogP contribution in [0.25, 0.3) is 0 Å². The molecule has 2 aromatic rings. The lowest BCUT2D eigenvalue weighted by Crippen LogP contribution is -2.26. The molecule has 0 aliphatic heterocycles. The smallest absolute Gasteiger partial charge is 0.253 e. The number of nitrogen functional groups attached to an aromatic ring is 1. The molecule has 2 aromatic carbocycles. The summed E-state index contributed by atoms with van der Waals surface area (Å²) in [6.07, 6.45) is 0.649. The molecule has 0 saturated carbocycles. The Labute approximate surface area is 115 Å². The summed E-state index contributed by atoms with van der Waals surface area (Å²) in [4.78, 5) is 11.8. The maximum atomic E-state index is 13.1. The van der Waals surface area contributed by atoms with Crippen molar-refractivity contribution in [2.45, 2.75) is 6.42 Å². The van der Waals surface area contributed by atoms with E-state index in [4.69, 9.17) is 5.73 Å². The Bertz CT molecular complexity index is 615. The van der Waals surface area contributed by atoms with Gasteiger partial charge < -0.3 is 11.1 Å². The number of hydrogen-bond donors (Lipinski definition) is 2. The van der Waals surface area contributed by atoms with Gasteiger partial charge in [0.05, 0.1) is 5.56 Å². The molecule has 0 saturated heterocycles. The molecule has 3 N–H and O–H groups in total. The first-order chi connectivity index (χ1) is 9.58. The van der Waals surface area contributed by atoms with Crippen LogP contribution in [0.2, 0.25) is 0 Å². The number of amides is 1. The molecule has 0 aliphatic carbocycles. The highest BCUT2D eigenvalue weighted by atomic mass is 19.2. The Morgan fingerprint density at radius 1 is 1.10 bits per heavy atom. The molecule has 0 fully saturated rings. The van der Waals surface area contributed by atoms with Crippen LogP contribution in [0.1, 0.15) is 15.9 Å². The number of anilines is 1. The van der Waals surface area contributed by atoms with Gasteiger partial charge in [-0.3, -0.25) is 4.79 Å². The summed E-state index contributed by atoms with van der Waals surface area (Å²) in [5.41, 5.74) is 6.44. The molecule has 0 radical (unpaired) electrons. The Morgan fingerprint density at radius 3 is 2.45 bits per heavy atom. The van der Waals surface area contributed by atoms with Crippen LogP contribution < -0.4 is 11.1 Å². The molecule has 5 heteroatoms. The number of hydrogen-bond acceptors (Lipinski definition) is 2. The first kappa shape index (κ1) is 14.0.